The molecule has 0 heterocycles. The number of hydrogen-bond donors (Lipinski definition) is 1. The lowest BCUT2D eigenvalue weighted by atomic mass is 9.91. The normalized spacial score (nSPS) is 16.6. The second-order valence-electron chi connectivity index (χ2n) is 5.31. The molecule has 2 nitrogen and oxygen atoms in total. The molecule has 110 valence electrons. The predicted molar refractivity (Wildman–Crippen MR) is 85.6 cm³/mol. The fourth-order valence-corrected chi connectivity index (χ4v) is 3.05. The summed E-state index contributed by atoms with van der Waals surface area (Å²) < 4.78 is 5.50. The summed E-state index contributed by atoms with van der Waals surface area (Å²) in [4.78, 5) is 0. The quantitative estimate of drug-likeness (QED) is 0.754. The number of allylic oxidation sites excluding steroid dienone is 1. The molecule has 0 saturated heterocycles. The fourth-order valence-electron chi connectivity index (χ4n) is 2.87. The monoisotopic (exact) mass is 293 g/mol. The van der Waals surface area contributed by atoms with Gasteiger partial charge in [0.2, 0.25) is 0 Å². The van der Waals surface area contributed by atoms with Crippen molar-refractivity contribution < 1.29 is 4.74 Å². The van der Waals surface area contributed by atoms with Crippen LogP contribution in [0.4, 0.5) is 0 Å². The maximum Gasteiger partial charge on any atom is 0.123 e. The fraction of sp³-hybridized carbons (Fsp3) is 0.529. The van der Waals surface area contributed by atoms with Crippen LogP contribution >= 0.6 is 11.6 Å². The Kier molecular flexibility index (Phi) is 5.93. The minimum Gasteiger partial charge on any atom is -0.496 e. The van der Waals surface area contributed by atoms with Crippen LogP contribution in [0.15, 0.2) is 29.8 Å². The Bertz CT molecular complexity index is 470. The molecule has 0 spiro atoms. The molecule has 1 atom stereocenters. The standard InChI is InChI=1S/C17H24ClNO/c1-3-19-16(11-13-7-5-4-6-8-13)15-12-14(18)9-10-17(15)20-2/h7,9-10,12,16,19H,3-6,8,11H2,1-2H3. The van der Waals surface area contributed by atoms with Crippen molar-refractivity contribution in [2.75, 3.05) is 13.7 Å². The Morgan fingerprint density at radius 3 is 2.85 bits per heavy atom. The van der Waals surface area contributed by atoms with E-state index in [-0.39, 0.29) is 6.04 Å². The lowest BCUT2D eigenvalue weighted by molar-refractivity contribution is 0.398. The summed E-state index contributed by atoms with van der Waals surface area (Å²) in [7, 11) is 1.72. The highest BCUT2D eigenvalue weighted by atomic mass is 35.5. The number of nitrogens with one attached hydrogen (secondary N) is 1. The molecule has 1 aliphatic carbocycles. The van der Waals surface area contributed by atoms with Crippen molar-refractivity contribution in [3.8, 4) is 5.75 Å². The van der Waals surface area contributed by atoms with E-state index in [1.54, 1.807) is 12.7 Å². The number of rotatable bonds is 6. The second-order valence-corrected chi connectivity index (χ2v) is 5.75. The number of hydrogen-bond acceptors (Lipinski definition) is 2. The molecule has 2 rings (SSSR count). The Morgan fingerprint density at radius 1 is 1.35 bits per heavy atom. The highest BCUT2D eigenvalue weighted by Gasteiger charge is 2.18. The third-order valence-electron chi connectivity index (χ3n) is 3.87. The molecule has 1 aromatic carbocycles. The van der Waals surface area contributed by atoms with Crippen molar-refractivity contribution in [1.82, 2.24) is 5.32 Å². The highest BCUT2D eigenvalue weighted by Crippen LogP contribution is 2.34. The maximum atomic E-state index is 6.16. The Morgan fingerprint density at radius 2 is 2.20 bits per heavy atom. The van der Waals surface area contributed by atoms with Gasteiger partial charge in [-0.1, -0.05) is 30.2 Å². The molecule has 0 radical (unpaired) electrons. The molecule has 0 bridgehead atoms. The zero-order valence-corrected chi connectivity index (χ0v) is 13.2. The van der Waals surface area contributed by atoms with Crippen molar-refractivity contribution >= 4 is 11.6 Å². The number of methoxy groups -OCH3 is 1. The van der Waals surface area contributed by atoms with Gasteiger partial charge in [0.05, 0.1) is 7.11 Å². The van der Waals surface area contributed by atoms with Crippen molar-refractivity contribution in [2.45, 2.75) is 45.1 Å². The van der Waals surface area contributed by atoms with Gasteiger partial charge in [-0.15, -0.1) is 0 Å². The summed E-state index contributed by atoms with van der Waals surface area (Å²) in [6.45, 7) is 3.08. The summed E-state index contributed by atoms with van der Waals surface area (Å²) in [6.07, 6.45) is 8.55. The van der Waals surface area contributed by atoms with E-state index in [2.05, 4.69) is 18.3 Å². The molecule has 1 aliphatic rings. The first-order valence-electron chi connectivity index (χ1n) is 7.49. The van der Waals surface area contributed by atoms with Gasteiger partial charge in [0.15, 0.2) is 0 Å². The number of halogens is 1. The Balaban J connectivity index is 2.22. The Labute approximate surface area is 127 Å². The smallest absolute Gasteiger partial charge is 0.123 e. The zero-order chi connectivity index (χ0) is 14.4. The average molecular weight is 294 g/mol. The molecule has 3 heteroatoms. The van der Waals surface area contributed by atoms with Crippen molar-refractivity contribution in [2.24, 2.45) is 0 Å². The summed E-state index contributed by atoms with van der Waals surface area (Å²) in [5.74, 6) is 0.914. The van der Waals surface area contributed by atoms with E-state index in [0.29, 0.717) is 0 Å². The molecule has 1 N–H and O–H groups in total. The van der Waals surface area contributed by atoms with E-state index in [9.17, 15) is 0 Å². The van der Waals surface area contributed by atoms with Crippen LogP contribution in [0, 0.1) is 0 Å². The van der Waals surface area contributed by atoms with E-state index >= 15 is 0 Å². The van der Waals surface area contributed by atoms with Crippen molar-refractivity contribution in [3.05, 3.63) is 40.4 Å². The van der Waals surface area contributed by atoms with Gasteiger partial charge in [0, 0.05) is 16.6 Å². The van der Waals surface area contributed by atoms with Gasteiger partial charge in [0.25, 0.3) is 0 Å². The largest absolute Gasteiger partial charge is 0.496 e. The second kappa shape index (κ2) is 7.70. The molecular weight excluding hydrogens is 270 g/mol. The van der Waals surface area contributed by atoms with Gasteiger partial charge < -0.3 is 10.1 Å². The maximum absolute atomic E-state index is 6.16. The van der Waals surface area contributed by atoms with Gasteiger partial charge in [0.1, 0.15) is 5.75 Å². The molecule has 0 fully saturated rings. The summed E-state index contributed by atoms with van der Waals surface area (Å²) in [5.41, 5.74) is 2.72. The molecule has 0 amide bonds. The molecule has 0 saturated carbocycles. The van der Waals surface area contributed by atoms with E-state index in [1.165, 1.54) is 25.7 Å². The van der Waals surface area contributed by atoms with Gasteiger partial charge in [-0.25, -0.2) is 0 Å². The lowest BCUT2D eigenvalue weighted by Crippen LogP contribution is -2.22. The van der Waals surface area contributed by atoms with Crippen LogP contribution in [0.25, 0.3) is 0 Å². The summed E-state index contributed by atoms with van der Waals surface area (Å²) in [5, 5.41) is 4.33. The van der Waals surface area contributed by atoms with E-state index < -0.39 is 0 Å². The molecule has 0 aliphatic heterocycles. The van der Waals surface area contributed by atoms with Gasteiger partial charge in [-0.2, -0.15) is 0 Å². The van der Waals surface area contributed by atoms with Crippen LogP contribution < -0.4 is 10.1 Å². The van der Waals surface area contributed by atoms with Gasteiger partial charge in [-0.05, 0) is 56.8 Å². The third kappa shape index (κ3) is 4.00. The molecule has 1 unspecified atom stereocenters. The van der Waals surface area contributed by atoms with Crippen LogP contribution in [0.1, 0.15) is 50.6 Å². The van der Waals surface area contributed by atoms with E-state index in [1.807, 2.05) is 18.2 Å². The lowest BCUT2D eigenvalue weighted by Gasteiger charge is -2.23. The minimum absolute atomic E-state index is 0.276. The van der Waals surface area contributed by atoms with Crippen LogP contribution in [-0.2, 0) is 0 Å². The van der Waals surface area contributed by atoms with Gasteiger partial charge >= 0.3 is 0 Å². The van der Waals surface area contributed by atoms with Crippen molar-refractivity contribution in [1.29, 1.82) is 0 Å². The van der Waals surface area contributed by atoms with Crippen LogP contribution in [-0.4, -0.2) is 13.7 Å². The molecule has 0 aromatic heterocycles. The first kappa shape index (κ1) is 15.4. The van der Waals surface area contributed by atoms with Crippen LogP contribution in [0.5, 0.6) is 5.75 Å². The predicted octanol–water partition coefficient (Wildman–Crippen LogP) is 4.89. The Hall–Kier alpha value is -0.990. The van der Waals surface area contributed by atoms with Crippen LogP contribution in [0.2, 0.25) is 5.02 Å². The summed E-state index contributed by atoms with van der Waals surface area (Å²) >= 11 is 6.16. The van der Waals surface area contributed by atoms with Gasteiger partial charge in [-0.3, -0.25) is 0 Å². The highest BCUT2D eigenvalue weighted by molar-refractivity contribution is 6.30. The topological polar surface area (TPSA) is 21.3 Å². The SMILES string of the molecule is CCNC(CC1=CCCCC1)c1cc(Cl)ccc1OC. The van der Waals surface area contributed by atoms with E-state index in [4.69, 9.17) is 16.3 Å². The number of ether oxygens (including phenoxy) is 1. The minimum atomic E-state index is 0.276. The molecular formula is C17H24ClNO. The molecule has 20 heavy (non-hydrogen) atoms. The number of benzene rings is 1. The van der Waals surface area contributed by atoms with Crippen molar-refractivity contribution in [3.63, 3.8) is 0 Å². The molecule has 1 aromatic rings. The van der Waals surface area contributed by atoms with E-state index in [0.717, 1.165) is 29.3 Å². The van der Waals surface area contributed by atoms with Crippen LogP contribution in [0.3, 0.4) is 0 Å². The average Bonchev–Trinajstić information content (AvgIpc) is 2.48. The third-order valence-corrected chi connectivity index (χ3v) is 4.10. The first-order valence-corrected chi connectivity index (χ1v) is 7.87. The summed E-state index contributed by atoms with van der Waals surface area (Å²) in [6, 6.07) is 6.14. The first-order chi connectivity index (χ1) is 9.74. The zero-order valence-electron chi connectivity index (χ0n) is 12.4.